The fraction of sp³-hybridized carbons (Fsp3) is 0.889. The van der Waals surface area contributed by atoms with Crippen molar-refractivity contribution in [2.75, 3.05) is 0 Å². The van der Waals surface area contributed by atoms with E-state index in [0.717, 1.165) is 6.42 Å². The van der Waals surface area contributed by atoms with Crippen LogP contribution < -0.4 is 0 Å². The van der Waals surface area contributed by atoms with Gasteiger partial charge in [0.25, 0.3) is 0 Å². The maximum absolute atomic E-state index is 3.58. The van der Waals surface area contributed by atoms with E-state index in [1.165, 1.54) is 12.8 Å². The molecule has 0 aliphatic carbocycles. The number of unbranched alkanes of at least 4 members (excludes halogenated alkanes) is 2. The van der Waals surface area contributed by atoms with Gasteiger partial charge in [-0.25, -0.2) is 0 Å². The average Bonchev–Trinajstić information content (AvgIpc) is 2.32. The maximum Gasteiger partial charge on any atom is 0.400 e. The molecular formula is C18H37BN2. The van der Waals surface area contributed by atoms with Gasteiger partial charge in [-0.2, -0.15) is 0 Å². The Morgan fingerprint density at radius 3 is 1.43 bits per heavy atom. The van der Waals surface area contributed by atoms with Crippen molar-refractivity contribution in [2.24, 2.45) is 0 Å². The fourth-order valence-electron chi connectivity index (χ4n) is 3.05. The van der Waals surface area contributed by atoms with Crippen LogP contribution in [0.5, 0.6) is 0 Å². The second kappa shape index (κ2) is 10.3. The van der Waals surface area contributed by atoms with Crippen molar-refractivity contribution in [2.45, 2.75) is 106 Å². The van der Waals surface area contributed by atoms with Crippen LogP contribution in [0.25, 0.3) is 0 Å². The van der Waals surface area contributed by atoms with E-state index in [2.05, 4.69) is 83.7 Å². The minimum atomic E-state index is 0.210. The molecule has 0 saturated carbocycles. The van der Waals surface area contributed by atoms with Crippen LogP contribution in [0, 0.1) is 11.7 Å². The predicted molar refractivity (Wildman–Crippen MR) is 97.3 cm³/mol. The Bertz CT molecular complexity index is 290. The molecule has 0 rings (SSSR count). The molecule has 0 saturated heterocycles. The minimum absolute atomic E-state index is 0.210. The van der Waals surface area contributed by atoms with Gasteiger partial charge < -0.3 is 9.62 Å². The highest BCUT2D eigenvalue weighted by atomic mass is 15.3. The molecule has 3 heteroatoms. The van der Waals surface area contributed by atoms with Gasteiger partial charge in [0.2, 0.25) is 0 Å². The number of nitrogens with zero attached hydrogens (tertiary/aromatic N) is 2. The molecule has 0 aromatic rings. The summed E-state index contributed by atoms with van der Waals surface area (Å²) in [5.41, 5.74) is 0. The van der Waals surface area contributed by atoms with Gasteiger partial charge in [0.15, 0.2) is 0 Å². The zero-order chi connectivity index (χ0) is 16.6. The van der Waals surface area contributed by atoms with E-state index in [9.17, 15) is 0 Å². The molecule has 0 bridgehead atoms. The van der Waals surface area contributed by atoms with Crippen molar-refractivity contribution in [1.29, 1.82) is 0 Å². The molecule has 0 aliphatic rings. The molecule has 0 aromatic carbocycles. The summed E-state index contributed by atoms with van der Waals surface area (Å²) in [7, 11) is 0. The van der Waals surface area contributed by atoms with Crippen LogP contribution in [-0.2, 0) is 0 Å². The molecule has 0 radical (unpaired) electrons. The van der Waals surface area contributed by atoms with E-state index in [1.54, 1.807) is 0 Å². The summed E-state index contributed by atoms with van der Waals surface area (Å²) >= 11 is 0. The number of hydrogen-bond donors (Lipinski definition) is 0. The van der Waals surface area contributed by atoms with Gasteiger partial charge in [0.1, 0.15) is 0 Å². The third-order valence-corrected chi connectivity index (χ3v) is 3.84. The van der Waals surface area contributed by atoms with Crippen LogP contribution in [0.1, 0.15) is 81.6 Å². The summed E-state index contributed by atoms with van der Waals surface area (Å²) in [6, 6.07) is 1.98. The molecule has 0 N–H and O–H groups in total. The molecule has 2 nitrogen and oxygen atoms in total. The lowest BCUT2D eigenvalue weighted by molar-refractivity contribution is 0.229. The molecule has 0 fully saturated rings. The van der Waals surface area contributed by atoms with E-state index in [4.69, 9.17) is 0 Å². The summed E-state index contributed by atoms with van der Waals surface area (Å²) in [6.07, 6.45) is 3.43. The van der Waals surface area contributed by atoms with Crippen molar-refractivity contribution < 1.29 is 0 Å². The van der Waals surface area contributed by atoms with Crippen molar-refractivity contribution in [3.8, 4) is 11.7 Å². The first-order valence-electron chi connectivity index (χ1n) is 8.77. The van der Waals surface area contributed by atoms with Crippen LogP contribution in [0.15, 0.2) is 0 Å². The Morgan fingerprint density at radius 2 is 1.14 bits per heavy atom. The highest BCUT2D eigenvalue weighted by Gasteiger charge is 2.35. The molecule has 0 unspecified atom stereocenters. The largest absolute Gasteiger partial charge is 0.400 e. The van der Waals surface area contributed by atoms with Crippen LogP contribution in [0.2, 0.25) is 0 Å². The summed E-state index contributed by atoms with van der Waals surface area (Å²) in [4.78, 5) is 5.08. The Hall–Kier alpha value is -0.455. The average molecular weight is 292 g/mol. The maximum atomic E-state index is 3.58. The lowest BCUT2D eigenvalue weighted by atomic mass is 9.68. The third kappa shape index (κ3) is 6.89. The quantitative estimate of drug-likeness (QED) is 0.370. The summed E-state index contributed by atoms with van der Waals surface area (Å²) in [5.74, 6) is 7.02. The molecule has 0 aliphatic heterocycles. The Balaban J connectivity index is 5.45. The first-order chi connectivity index (χ1) is 9.73. The molecule has 0 heterocycles. The third-order valence-electron chi connectivity index (χ3n) is 3.84. The summed E-state index contributed by atoms with van der Waals surface area (Å²) in [6.45, 7) is 20.7. The van der Waals surface area contributed by atoms with E-state index in [1.807, 2.05) is 0 Å². The van der Waals surface area contributed by atoms with E-state index < -0.39 is 0 Å². The summed E-state index contributed by atoms with van der Waals surface area (Å²) in [5, 5.41) is 0. The van der Waals surface area contributed by atoms with Crippen molar-refractivity contribution in [1.82, 2.24) is 9.62 Å². The normalized spacial score (nSPS) is 12.0. The first-order valence-corrected chi connectivity index (χ1v) is 8.77. The molecular weight excluding hydrogens is 255 g/mol. The van der Waals surface area contributed by atoms with Crippen molar-refractivity contribution >= 4 is 6.98 Å². The van der Waals surface area contributed by atoms with E-state index in [-0.39, 0.29) is 6.98 Å². The second-order valence-corrected chi connectivity index (χ2v) is 7.07. The zero-order valence-corrected chi connectivity index (χ0v) is 15.9. The second-order valence-electron chi connectivity index (χ2n) is 7.07. The predicted octanol–water partition coefficient (Wildman–Crippen LogP) is 4.45. The van der Waals surface area contributed by atoms with Crippen LogP contribution in [0.3, 0.4) is 0 Å². The molecule has 0 aromatic heterocycles. The monoisotopic (exact) mass is 292 g/mol. The molecule has 0 amide bonds. The zero-order valence-electron chi connectivity index (χ0n) is 15.9. The van der Waals surface area contributed by atoms with Crippen molar-refractivity contribution in [3.63, 3.8) is 0 Å². The highest BCUT2D eigenvalue weighted by molar-refractivity contribution is 6.62. The fourth-order valence-corrected chi connectivity index (χ4v) is 3.05. The van der Waals surface area contributed by atoms with Gasteiger partial charge in [-0.1, -0.05) is 68.7 Å². The van der Waals surface area contributed by atoms with E-state index >= 15 is 0 Å². The van der Waals surface area contributed by atoms with Gasteiger partial charge in [0.05, 0.1) is 0 Å². The van der Waals surface area contributed by atoms with Gasteiger partial charge in [-0.3, -0.25) is 0 Å². The Kier molecular flexibility index (Phi) is 10.1. The molecule has 122 valence electrons. The van der Waals surface area contributed by atoms with Gasteiger partial charge in [-0.15, -0.1) is 11.7 Å². The van der Waals surface area contributed by atoms with Crippen LogP contribution in [-0.4, -0.2) is 40.8 Å². The van der Waals surface area contributed by atoms with Gasteiger partial charge in [0, 0.05) is 6.42 Å². The molecule has 0 atom stereocenters. The Morgan fingerprint density at radius 1 is 0.762 bits per heavy atom. The number of rotatable bonds is 8. The van der Waals surface area contributed by atoms with E-state index in [0.29, 0.717) is 24.2 Å². The van der Waals surface area contributed by atoms with Crippen LogP contribution in [0.4, 0.5) is 0 Å². The van der Waals surface area contributed by atoms with Crippen molar-refractivity contribution in [3.05, 3.63) is 0 Å². The first kappa shape index (κ1) is 20.5. The van der Waals surface area contributed by atoms with Gasteiger partial charge in [-0.05, 0) is 30.6 Å². The van der Waals surface area contributed by atoms with Gasteiger partial charge >= 0.3 is 6.98 Å². The standard InChI is InChI=1S/C18H37BN2/c1-10-11-12-13-14-19(20(15(2)3)16(4)5)21(17(6)7)18(8)9/h15-18H,10-12H2,1-9H3. The topological polar surface area (TPSA) is 6.48 Å². The highest BCUT2D eigenvalue weighted by Crippen LogP contribution is 2.16. The lowest BCUT2D eigenvalue weighted by Gasteiger charge is -2.43. The molecule has 21 heavy (non-hydrogen) atoms. The van der Waals surface area contributed by atoms with Crippen LogP contribution >= 0.6 is 0 Å². The smallest absolute Gasteiger partial charge is 0.313 e. The SMILES string of the molecule is CCCCC#CB(N(C(C)C)C(C)C)N(C(C)C)C(C)C. The molecule has 0 spiro atoms. The summed E-state index contributed by atoms with van der Waals surface area (Å²) < 4.78 is 0. The number of hydrogen-bond acceptors (Lipinski definition) is 2. The Labute approximate surface area is 134 Å². The minimum Gasteiger partial charge on any atom is -0.313 e. The lowest BCUT2D eigenvalue weighted by Crippen LogP contribution is -2.61.